The molecule has 4 N–H and O–H groups in total. The maximum absolute atomic E-state index is 11.8. The van der Waals surface area contributed by atoms with Crippen molar-refractivity contribution in [3.63, 3.8) is 0 Å². The number of amidine groups is 1. The summed E-state index contributed by atoms with van der Waals surface area (Å²) in [5.74, 6) is -3.09. The first-order valence-corrected chi connectivity index (χ1v) is 7.64. The van der Waals surface area contributed by atoms with Gasteiger partial charge in [-0.1, -0.05) is 23.7 Å². The van der Waals surface area contributed by atoms with E-state index in [1.807, 2.05) is 0 Å². The van der Waals surface area contributed by atoms with Crippen molar-refractivity contribution < 1.29 is 24.6 Å². The lowest BCUT2D eigenvalue weighted by atomic mass is 10.2. The van der Waals surface area contributed by atoms with Crippen LogP contribution in [0.5, 0.6) is 0 Å². The first-order valence-electron chi connectivity index (χ1n) is 7.26. The number of carboxylic acids is 2. The van der Waals surface area contributed by atoms with E-state index in [-0.39, 0.29) is 33.4 Å². The van der Waals surface area contributed by atoms with Gasteiger partial charge in [-0.15, -0.1) is 0 Å². The number of para-hydroxylation sites is 1. The molecular weight excluding hydrogens is 362 g/mol. The van der Waals surface area contributed by atoms with Crippen LogP contribution in [-0.4, -0.2) is 33.8 Å². The number of nitrogens with zero attached hydrogens (tertiary/aromatic N) is 1. The first kappa shape index (κ1) is 18.9. The maximum atomic E-state index is 11.8. The summed E-state index contributed by atoms with van der Waals surface area (Å²) in [7, 11) is 0. The molecule has 0 aliphatic heterocycles. The van der Waals surface area contributed by atoms with Gasteiger partial charge in [0.25, 0.3) is 0 Å². The lowest BCUT2D eigenvalue weighted by Crippen LogP contribution is -2.34. The second-order valence-electron chi connectivity index (χ2n) is 5.08. The Morgan fingerprint density at radius 1 is 1.00 bits per heavy atom. The second kappa shape index (κ2) is 8.13. The van der Waals surface area contributed by atoms with Crippen molar-refractivity contribution in [2.24, 2.45) is 4.99 Å². The minimum atomic E-state index is -1.25. The van der Waals surface area contributed by atoms with Crippen LogP contribution in [0.3, 0.4) is 0 Å². The molecule has 0 fully saturated rings. The number of rotatable bonds is 6. The highest BCUT2D eigenvalue weighted by molar-refractivity contribution is 6.38. The van der Waals surface area contributed by atoms with Crippen molar-refractivity contribution in [2.45, 2.75) is 6.92 Å². The summed E-state index contributed by atoms with van der Waals surface area (Å²) < 4.78 is 0. The maximum Gasteiger partial charge on any atom is 0.337 e. The molecule has 0 aliphatic rings. The minimum absolute atomic E-state index is 0.0133. The SMILES string of the molecule is CC(=O)C(=Nc1ccc(Cl)cc1C(=O)O)NNc1ccccc1C(=O)O. The third-order valence-electron chi connectivity index (χ3n) is 3.23. The number of hydrazine groups is 1. The van der Waals surface area contributed by atoms with Gasteiger partial charge < -0.3 is 10.2 Å². The van der Waals surface area contributed by atoms with E-state index in [1.165, 1.54) is 37.3 Å². The van der Waals surface area contributed by atoms with Crippen molar-refractivity contribution >= 4 is 46.5 Å². The summed E-state index contributed by atoms with van der Waals surface area (Å²) in [6.07, 6.45) is 0. The standard InChI is InChI=1S/C17H14ClN3O5/c1-9(22)15(19-13-7-6-10(18)8-12(13)17(25)26)21-20-14-5-3-2-4-11(14)16(23)24/h2-8,20H,1H3,(H,19,21)(H,23,24)(H,25,26). The molecule has 26 heavy (non-hydrogen) atoms. The van der Waals surface area contributed by atoms with Gasteiger partial charge in [-0.2, -0.15) is 0 Å². The van der Waals surface area contributed by atoms with E-state index >= 15 is 0 Å². The van der Waals surface area contributed by atoms with Gasteiger partial charge in [0.2, 0.25) is 0 Å². The largest absolute Gasteiger partial charge is 0.478 e. The van der Waals surface area contributed by atoms with Crippen LogP contribution < -0.4 is 10.9 Å². The number of hydrogen-bond acceptors (Lipinski definition) is 5. The van der Waals surface area contributed by atoms with E-state index in [2.05, 4.69) is 15.8 Å². The summed E-state index contributed by atoms with van der Waals surface area (Å²) >= 11 is 5.79. The molecule has 2 aromatic rings. The topological polar surface area (TPSA) is 128 Å². The number of carbonyl (C=O) groups excluding carboxylic acids is 1. The van der Waals surface area contributed by atoms with Crippen LogP contribution in [-0.2, 0) is 4.79 Å². The molecule has 0 aliphatic carbocycles. The molecule has 0 aromatic heterocycles. The van der Waals surface area contributed by atoms with Crippen molar-refractivity contribution in [2.75, 3.05) is 5.43 Å². The quantitative estimate of drug-likeness (QED) is 0.347. The monoisotopic (exact) mass is 375 g/mol. The number of aromatic carboxylic acids is 2. The zero-order valence-corrected chi connectivity index (χ0v) is 14.2. The molecule has 0 saturated heterocycles. The number of ketones is 1. The molecule has 0 radical (unpaired) electrons. The van der Waals surface area contributed by atoms with Gasteiger partial charge in [0.15, 0.2) is 11.6 Å². The van der Waals surface area contributed by atoms with E-state index in [1.54, 1.807) is 12.1 Å². The van der Waals surface area contributed by atoms with Crippen LogP contribution in [0.15, 0.2) is 47.5 Å². The molecule has 0 saturated carbocycles. The van der Waals surface area contributed by atoms with E-state index in [0.717, 1.165) is 0 Å². The van der Waals surface area contributed by atoms with Crippen LogP contribution in [0, 0.1) is 0 Å². The first-order chi connectivity index (χ1) is 12.3. The van der Waals surface area contributed by atoms with Crippen molar-refractivity contribution in [3.05, 3.63) is 58.6 Å². The molecule has 9 heteroatoms. The highest BCUT2D eigenvalue weighted by Gasteiger charge is 2.14. The fraction of sp³-hybridized carbons (Fsp3) is 0.0588. The Labute approximate surface area is 153 Å². The van der Waals surface area contributed by atoms with E-state index in [9.17, 15) is 19.5 Å². The molecule has 0 spiro atoms. The summed E-state index contributed by atoms with van der Waals surface area (Å²) in [5, 5.41) is 18.6. The van der Waals surface area contributed by atoms with Gasteiger partial charge in [-0.25, -0.2) is 14.6 Å². The fourth-order valence-electron chi connectivity index (χ4n) is 2.00. The molecular formula is C17H14ClN3O5. The summed E-state index contributed by atoms with van der Waals surface area (Å²) in [6, 6.07) is 10.1. The van der Waals surface area contributed by atoms with Gasteiger partial charge >= 0.3 is 11.9 Å². The number of carboxylic acid groups (broad SMARTS) is 2. The van der Waals surface area contributed by atoms with Crippen LogP contribution in [0.25, 0.3) is 0 Å². The summed E-state index contributed by atoms with van der Waals surface area (Å²) in [4.78, 5) is 38.3. The summed E-state index contributed by atoms with van der Waals surface area (Å²) in [6.45, 7) is 1.23. The fourth-order valence-corrected chi connectivity index (χ4v) is 2.17. The number of halogens is 1. The van der Waals surface area contributed by atoms with Crippen LogP contribution in [0.2, 0.25) is 5.02 Å². The number of hydrogen-bond donors (Lipinski definition) is 4. The van der Waals surface area contributed by atoms with Crippen molar-refractivity contribution in [1.29, 1.82) is 0 Å². The Hall–Kier alpha value is -3.39. The third-order valence-corrected chi connectivity index (χ3v) is 3.46. The number of Topliss-reactive ketones (excluding diaryl/α,β-unsaturated/α-hetero) is 1. The van der Waals surface area contributed by atoms with E-state index in [0.29, 0.717) is 0 Å². The number of carbonyl (C=O) groups is 3. The van der Waals surface area contributed by atoms with E-state index in [4.69, 9.17) is 16.7 Å². The van der Waals surface area contributed by atoms with Crippen LogP contribution >= 0.6 is 11.6 Å². The zero-order valence-electron chi connectivity index (χ0n) is 13.5. The predicted molar refractivity (Wildman–Crippen MR) is 96.3 cm³/mol. The predicted octanol–water partition coefficient (Wildman–Crippen LogP) is 2.97. The average Bonchev–Trinajstić information content (AvgIpc) is 2.59. The molecule has 0 heterocycles. The lowest BCUT2D eigenvalue weighted by molar-refractivity contribution is -0.111. The molecule has 134 valence electrons. The Bertz CT molecular complexity index is 911. The van der Waals surface area contributed by atoms with E-state index < -0.39 is 17.7 Å². The summed E-state index contributed by atoms with van der Waals surface area (Å²) in [5.41, 5.74) is 5.16. The molecule has 2 rings (SSSR count). The Kier molecular flexibility index (Phi) is 5.92. The molecule has 0 bridgehead atoms. The lowest BCUT2D eigenvalue weighted by Gasteiger charge is -2.12. The van der Waals surface area contributed by atoms with Crippen LogP contribution in [0.4, 0.5) is 11.4 Å². The molecule has 2 aromatic carbocycles. The number of anilines is 1. The number of benzene rings is 2. The Morgan fingerprint density at radius 2 is 1.65 bits per heavy atom. The molecule has 0 amide bonds. The smallest absolute Gasteiger partial charge is 0.337 e. The third kappa shape index (κ3) is 4.58. The highest BCUT2D eigenvalue weighted by Crippen LogP contribution is 2.23. The molecule has 8 nitrogen and oxygen atoms in total. The van der Waals surface area contributed by atoms with Gasteiger partial charge in [0, 0.05) is 11.9 Å². The molecule has 0 unspecified atom stereocenters. The van der Waals surface area contributed by atoms with Gasteiger partial charge in [-0.05, 0) is 30.3 Å². The minimum Gasteiger partial charge on any atom is -0.478 e. The average molecular weight is 376 g/mol. The Morgan fingerprint density at radius 3 is 2.27 bits per heavy atom. The van der Waals surface area contributed by atoms with Crippen LogP contribution in [0.1, 0.15) is 27.6 Å². The van der Waals surface area contributed by atoms with Gasteiger partial charge in [-0.3, -0.25) is 15.6 Å². The second-order valence-corrected chi connectivity index (χ2v) is 5.52. The van der Waals surface area contributed by atoms with Crippen molar-refractivity contribution in [3.8, 4) is 0 Å². The van der Waals surface area contributed by atoms with Crippen molar-refractivity contribution in [1.82, 2.24) is 5.43 Å². The van der Waals surface area contributed by atoms with Gasteiger partial charge in [0.1, 0.15) is 0 Å². The Balaban J connectivity index is 2.34. The number of aliphatic imine (C=N–C) groups is 1. The normalized spacial score (nSPS) is 10.9. The van der Waals surface area contributed by atoms with Gasteiger partial charge in [0.05, 0.1) is 22.5 Å². The highest BCUT2D eigenvalue weighted by atomic mass is 35.5. The molecule has 0 atom stereocenters. The number of nitrogens with one attached hydrogen (secondary N) is 2. The zero-order chi connectivity index (χ0) is 19.3.